The van der Waals surface area contributed by atoms with E-state index >= 15 is 0 Å². The predicted molar refractivity (Wildman–Crippen MR) is 73.5 cm³/mol. The second-order valence-corrected chi connectivity index (χ2v) is 6.83. The van der Waals surface area contributed by atoms with E-state index in [4.69, 9.17) is 0 Å². The van der Waals surface area contributed by atoms with Crippen LogP contribution in [0.4, 0.5) is 5.82 Å². The molecule has 1 aromatic rings. The van der Waals surface area contributed by atoms with Crippen molar-refractivity contribution in [1.29, 1.82) is 0 Å². The Morgan fingerprint density at radius 2 is 1.86 bits per heavy atom. The van der Waals surface area contributed by atoms with Crippen molar-refractivity contribution < 1.29 is 9.72 Å². The van der Waals surface area contributed by atoms with Crippen LogP contribution in [0.2, 0.25) is 0 Å². The van der Waals surface area contributed by atoms with Crippen LogP contribution < -0.4 is 5.32 Å². The molecular weight excluding hydrogens is 272 g/mol. The van der Waals surface area contributed by atoms with Gasteiger partial charge in [0.05, 0.1) is 6.07 Å². The smallest absolute Gasteiger partial charge is 0.343 e. The van der Waals surface area contributed by atoms with Gasteiger partial charge < -0.3 is 15.4 Å². The fraction of sp³-hybridized carbons (Fsp3) is 0.714. The van der Waals surface area contributed by atoms with Crippen molar-refractivity contribution in [3.63, 3.8) is 0 Å². The third-order valence-corrected chi connectivity index (χ3v) is 5.52. The van der Waals surface area contributed by atoms with Crippen LogP contribution in [-0.4, -0.2) is 27.1 Å². The monoisotopic (exact) mass is 290 g/mol. The zero-order chi connectivity index (χ0) is 14.6. The highest BCUT2D eigenvalue weighted by atomic mass is 16.6. The third-order valence-electron chi connectivity index (χ3n) is 5.52. The second kappa shape index (κ2) is 4.54. The molecule has 4 fully saturated rings. The molecule has 7 nitrogen and oxygen atoms in total. The van der Waals surface area contributed by atoms with Gasteiger partial charge in [0.25, 0.3) is 5.91 Å². The molecule has 4 aliphatic rings. The quantitative estimate of drug-likeness (QED) is 0.655. The Morgan fingerprint density at radius 3 is 2.38 bits per heavy atom. The van der Waals surface area contributed by atoms with Crippen molar-refractivity contribution in [3.8, 4) is 0 Å². The number of aromatic nitrogens is 2. The van der Waals surface area contributed by atoms with Gasteiger partial charge in [0, 0.05) is 6.04 Å². The van der Waals surface area contributed by atoms with Gasteiger partial charge in [-0.2, -0.15) is 0 Å². The molecule has 4 aliphatic carbocycles. The summed E-state index contributed by atoms with van der Waals surface area (Å²) in [5.41, 5.74) is 0.107. The maximum atomic E-state index is 12.3. The van der Waals surface area contributed by atoms with Crippen LogP contribution >= 0.6 is 0 Å². The molecule has 21 heavy (non-hydrogen) atoms. The number of hydrogen-bond donors (Lipinski definition) is 2. The molecule has 0 saturated heterocycles. The van der Waals surface area contributed by atoms with Crippen molar-refractivity contribution in [2.45, 2.75) is 38.1 Å². The van der Waals surface area contributed by atoms with E-state index in [0.29, 0.717) is 11.8 Å². The molecule has 4 saturated carbocycles. The highest BCUT2D eigenvalue weighted by Gasteiger charge is 2.48. The lowest BCUT2D eigenvalue weighted by atomic mass is 9.54. The summed E-state index contributed by atoms with van der Waals surface area (Å²) in [5, 5.41) is 19.7. The highest BCUT2D eigenvalue weighted by Crippen LogP contribution is 2.53. The zero-order valence-electron chi connectivity index (χ0n) is 11.6. The first-order chi connectivity index (χ1) is 10.1. The van der Waals surface area contributed by atoms with Gasteiger partial charge in [0.2, 0.25) is 0 Å². The van der Waals surface area contributed by atoms with Crippen LogP contribution in [0.3, 0.4) is 0 Å². The summed E-state index contributed by atoms with van der Waals surface area (Å²) in [6, 6.07) is 1.42. The van der Waals surface area contributed by atoms with E-state index in [1.807, 2.05) is 0 Å². The molecule has 112 valence electrons. The van der Waals surface area contributed by atoms with Gasteiger partial charge in [0.15, 0.2) is 5.69 Å². The lowest BCUT2D eigenvalue weighted by Gasteiger charge is -2.54. The molecule has 0 spiro atoms. The summed E-state index contributed by atoms with van der Waals surface area (Å²) in [4.78, 5) is 22.3. The molecular formula is C14H18N4O3. The summed E-state index contributed by atoms with van der Waals surface area (Å²) in [7, 11) is 0. The van der Waals surface area contributed by atoms with E-state index in [1.54, 1.807) is 0 Å². The van der Waals surface area contributed by atoms with E-state index in [9.17, 15) is 14.9 Å². The van der Waals surface area contributed by atoms with Crippen molar-refractivity contribution in [1.82, 2.24) is 15.5 Å². The SMILES string of the molecule is O=C(NC1C2CC3CC(C2)CC1C3)c1cc([N+](=O)[O-])[nH]n1. The highest BCUT2D eigenvalue weighted by molar-refractivity contribution is 5.93. The summed E-state index contributed by atoms with van der Waals surface area (Å²) < 4.78 is 0. The van der Waals surface area contributed by atoms with E-state index < -0.39 is 4.92 Å². The number of nitro groups is 1. The molecule has 1 amide bonds. The first-order valence-corrected chi connectivity index (χ1v) is 7.61. The average molecular weight is 290 g/mol. The maximum Gasteiger partial charge on any atom is 0.343 e. The Bertz CT molecular complexity index is 569. The topological polar surface area (TPSA) is 101 Å². The number of aromatic amines is 1. The lowest BCUT2D eigenvalue weighted by Crippen LogP contribution is -2.55. The predicted octanol–water partition coefficient (Wildman–Crippen LogP) is 1.87. The molecule has 7 heteroatoms. The minimum atomic E-state index is -0.577. The number of carbonyl (C=O) groups is 1. The number of nitrogens with zero attached hydrogens (tertiary/aromatic N) is 2. The van der Waals surface area contributed by atoms with Gasteiger partial charge in [-0.05, 0) is 60.7 Å². The van der Waals surface area contributed by atoms with Crippen LogP contribution in [0.5, 0.6) is 0 Å². The van der Waals surface area contributed by atoms with Crippen LogP contribution in [0.25, 0.3) is 0 Å². The van der Waals surface area contributed by atoms with E-state index in [2.05, 4.69) is 15.5 Å². The van der Waals surface area contributed by atoms with Crippen molar-refractivity contribution in [2.24, 2.45) is 23.7 Å². The van der Waals surface area contributed by atoms with Gasteiger partial charge in [0.1, 0.15) is 0 Å². The first kappa shape index (κ1) is 12.8. The Hall–Kier alpha value is -1.92. The van der Waals surface area contributed by atoms with Crippen LogP contribution in [0.1, 0.15) is 42.6 Å². The standard InChI is InChI=1S/C14H18N4O3/c19-14(11-6-12(17-16-11)18(20)21)15-13-9-2-7-1-8(4-9)5-10(13)3-7/h6-10,13H,1-5H2,(H,15,19)(H,16,17). The molecule has 2 N–H and O–H groups in total. The second-order valence-electron chi connectivity index (χ2n) is 6.83. The van der Waals surface area contributed by atoms with Gasteiger partial charge in [-0.1, -0.05) is 5.10 Å². The normalized spacial score (nSPS) is 36.7. The largest absolute Gasteiger partial charge is 0.358 e. The van der Waals surface area contributed by atoms with Crippen LogP contribution in [0.15, 0.2) is 6.07 Å². The van der Waals surface area contributed by atoms with Gasteiger partial charge >= 0.3 is 5.82 Å². The number of rotatable bonds is 3. The van der Waals surface area contributed by atoms with Crippen molar-refractivity contribution >= 4 is 11.7 Å². The van der Waals surface area contributed by atoms with E-state index in [-0.39, 0.29) is 23.5 Å². The number of hydrogen-bond acceptors (Lipinski definition) is 4. The molecule has 1 heterocycles. The van der Waals surface area contributed by atoms with Gasteiger partial charge in [-0.25, -0.2) is 0 Å². The van der Waals surface area contributed by atoms with Crippen LogP contribution in [-0.2, 0) is 0 Å². The van der Waals surface area contributed by atoms with Gasteiger partial charge in [-0.15, -0.1) is 5.10 Å². The minimum Gasteiger partial charge on any atom is -0.358 e. The lowest BCUT2D eigenvalue weighted by molar-refractivity contribution is -0.389. The summed E-state index contributed by atoms with van der Waals surface area (Å²) in [6.45, 7) is 0. The van der Waals surface area contributed by atoms with E-state index in [1.165, 1.54) is 38.2 Å². The Labute approximate surface area is 121 Å². The molecule has 4 bridgehead atoms. The number of H-pyrrole nitrogens is 1. The van der Waals surface area contributed by atoms with Crippen molar-refractivity contribution in [3.05, 3.63) is 21.9 Å². The molecule has 5 rings (SSSR count). The minimum absolute atomic E-state index is 0.107. The third kappa shape index (κ3) is 2.11. The Morgan fingerprint density at radius 1 is 1.24 bits per heavy atom. The van der Waals surface area contributed by atoms with E-state index in [0.717, 1.165) is 11.8 Å². The Balaban J connectivity index is 1.48. The first-order valence-electron chi connectivity index (χ1n) is 7.61. The molecule has 0 aliphatic heterocycles. The Kier molecular flexibility index (Phi) is 2.77. The molecule has 0 radical (unpaired) electrons. The summed E-state index contributed by atoms with van der Waals surface area (Å²) >= 11 is 0. The maximum absolute atomic E-state index is 12.3. The van der Waals surface area contributed by atoms with Crippen molar-refractivity contribution in [2.75, 3.05) is 0 Å². The summed E-state index contributed by atoms with van der Waals surface area (Å²) in [5.74, 6) is 2.33. The van der Waals surface area contributed by atoms with Crippen LogP contribution in [0, 0.1) is 33.8 Å². The number of carbonyl (C=O) groups excluding carboxylic acids is 1. The molecule has 0 atom stereocenters. The molecule has 1 aromatic heterocycles. The fourth-order valence-electron chi connectivity index (χ4n) is 4.91. The van der Waals surface area contributed by atoms with Gasteiger partial charge in [-0.3, -0.25) is 4.79 Å². The average Bonchev–Trinajstić information content (AvgIpc) is 2.92. The molecule has 0 aromatic carbocycles. The number of nitrogens with one attached hydrogen (secondary N) is 2. The number of amides is 1. The zero-order valence-corrected chi connectivity index (χ0v) is 11.6. The fourth-order valence-corrected chi connectivity index (χ4v) is 4.91. The summed E-state index contributed by atoms with van der Waals surface area (Å²) in [6.07, 6.45) is 6.26. The molecule has 0 unspecified atom stereocenters.